The Morgan fingerprint density at radius 3 is 2.79 bits per heavy atom. The van der Waals surface area contributed by atoms with Gasteiger partial charge in [0.2, 0.25) is 0 Å². The fourth-order valence-electron chi connectivity index (χ4n) is 1.66. The molecule has 6 heteroatoms. The van der Waals surface area contributed by atoms with E-state index in [4.69, 9.17) is 4.52 Å². The van der Waals surface area contributed by atoms with Crippen molar-refractivity contribution in [3.05, 3.63) is 47.6 Å². The molecule has 0 aliphatic carbocycles. The number of rotatable bonds is 4. The highest BCUT2D eigenvalue weighted by Gasteiger charge is 2.09. The summed E-state index contributed by atoms with van der Waals surface area (Å²) < 4.78 is 4.92. The molecule has 2 heterocycles. The van der Waals surface area contributed by atoms with Crippen LogP contribution in [0.25, 0.3) is 0 Å². The van der Waals surface area contributed by atoms with Gasteiger partial charge in [0.15, 0.2) is 0 Å². The highest BCUT2D eigenvalue weighted by atomic mass is 16.5. The van der Waals surface area contributed by atoms with Crippen LogP contribution in [0.2, 0.25) is 0 Å². The van der Waals surface area contributed by atoms with E-state index in [1.807, 2.05) is 26.0 Å². The quantitative estimate of drug-likeness (QED) is 0.880. The molecule has 0 aliphatic heterocycles. The molecule has 2 aromatic heterocycles. The van der Waals surface area contributed by atoms with Gasteiger partial charge in [0.1, 0.15) is 11.5 Å². The number of nitrogens with zero attached hydrogens (tertiary/aromatic N) is 2. The summed E-state index contributed by atoms with van der Waals surface area (Å²) in [4.78, 5) is 15.6. The zero-order valence-electron chi connectivity index (χ0n) is 10.9. The van der Waals surface area contributed by atoms with Gasteiger partial charge in [-0.05, 0) is 31.5 Å². The van der Waals surface area contributed by atoms with Gasteiger partial charge in [-0.2, -0.15) is 0 Å². The van der Waals surface area contributed by atoms with Crippen LogP contribution < -0.4 is 10.6 Å². The predicted molar refractivity (Wildman–Crippen MR) is 69.3 cm³/mol. The number of nitrogens with one attached hydrogen (secondary N) is 2. The molecule has 2 aromatic rings. The second-order valence-corrected chi connectivity index (χ2v) is 4.26. The lowest BCUT2D eigenvalue weighted by Crippen LogP contribution is -2.36. The molecule has 0 saturated heterocycles. The lowest BCUT2D eigenvalue weighted by molar-refractivity contribution is 0.237. The lowest BCUT2D eigenvalue weighted by atomic mass is 10.1. The van der Waals surface area contributed by atoms with Crippen LogP contribution in [0, 0.1) is 6.92 Å². The van der Waals surface area contributed by atoms with Crippen molar-refractivity contribution in [1.82, 2.24) is 20.8 Å². The Hall–Kier alpha value is -2.37. The highest BCUT2D eigenvalue weighted by Crippen LogP contribution is 2.09. The summed E-state index contributed by atoms with van der Waals surface area (Å²) in [6.45, 7) is 4.06. The summed E-state index contributed by atoms with van der Waals surface area (Å²) in [5.41, 5.74) is 1.70. The first-order valence-corrected chi connectivity index (χ1v) is 6.01. The zero-order valence-corrected chi connectivity index (χ0v) is 10.9. The molecule has 0 aromatic carbocycles. The Balaban J connectivity index is 1.81. The third kappa shape index (κ3) is 3.80. The molecule has 0 bridgehead atoms. The van der Waals surface area contributed by atoms with Crippen LogP contribution in [-0.4, -0.2) is 16.2 Å². The van der Waals surface area contributed by atoms with E-state index in [9.17, 15) is 4.79 Å². The molecular weight excluding hydrogens is 244 g/mol. The summed E-state index contributed by atoms with van der Waals surface area (Å²) in [5.74, 6) is 0.724. The second-order valence-electron chi connectivity index (χ2n) is 4.26. The Kier molecular flexibility index (Phi) is 4.12. The molecule has 1 atom stereocenters. The monoisotopic (exact) mass is 260 g/mol. The number of pyridine rings is 1. The predicted octanol–water partition coefficient (Wildman–Crippen LogP) is 1.94. The first-order chi connectivity index (χ1) is 9.15. The van der Waals surface area contributed by atoms with Crippen molar-refractivity contribution in [1.29, 1.82) is 0 Å². The summed E-state index contributed by atoms with van der Waals surface area (Å²) in [7, 11) is 0. The van der Waals surface area contributed by atoms with Crippen LogP contribution in [0.3, 0.4) is 0 Å². The van der Waals surface area contributed by atoms with E-state index >= 15 is 0 Å². The summed E-state index contributed by atoms with van der Waals surface area (Å²) >= 11 is 0. The van der Waals surface area contributed by atoms with Crippen LogP contribution in [0.1, 0.15) is 30.0 Å². The molecule has 0 fully saturated rings. The second kappa shape index (κ2) is 5.99. The number of amides is 2. The Morgan fingerprint density at radius 2 is 2.16 bits per heavy atom. The van der Waals surface area contributed by atoms with Gasteiger partial charge >= 0.3 is 6.03 Å². The molecule has 2 rings (SSSR count). The minimum Gasteiger partial charge on any atom is -0.361 e. The molecule has 0 aliphatic rings. The van der Waals surface area contributed by atoms with Crippen LogP contribution in [0.15, 0.2) is 35.1 Å². The molecule has 2 amide bonds. The summed E-state index contributed by atoms with van der Waals surface area (Å²) in [5, 5.41) is 9.36. The summed E-state index contributed by atoms with van der Waals surface area (Å²) in [6.07, 6.45) is 3.40. The fourth-order valence-corrected chi connectivity index (χ4v) is 1.66. The van der Waals surface area contributed by atoms with Gasteiger partial charge in [-0.15, -0.1) is 0 Å². The molecule has 100 valence electrons. The van der Waals surface area contributed by atoms with E-state index in [0.29, 0.717) is 12.2 Å². The maximum Gasteiger partial charge on any atom is 0.315 e. The molecule has 0 spiro atoms. The van der Waals surface area contributed by atoms with Gasteiger partial charge in [0.05, 0.1) is 12.6 Å². The smallest absolute Gasteiger partial charge is 0.315 e. The van der Waals surface area contributed by atoms with E-state index in [-0.39, 0.29) is 12.1 Å². The maximum atomic E-state index is 11.7. The third-order valence-electron chi connectivity index (χ3n) is 2.66. The van der Waals surface area contributed by atoms with E-state index in [0.717, 1.165) is 11.3 Å². The van der Waals surface area contributed by atoms with Gasteiger partial charge in [0.25, 0.3) is 0 Å². The Morgan fingerprint density at radius 1 is 1.42 bits per heavy atom. The van der Waals surface area contributed by atoms with Crippen molar-refractivity contribution < 1.29 is 9.32 Å². The Labute approximate surface area is 111 Å². The first-order valence-electron chi connectivity index (χ1n) is 6.01. The average Bonchev–Trinajstić information content (AvgIpc) is 2.83. The van der Waals surface area contributed by atoms with Crippen molar-refractivity contribution in [2.24, 2.45) is 0 Å². The minimum absolute atomic E-state index is 0.0814. The van der Waals surface area contributed by atoms with Gasteiger partial charge in [-0.25, -0.2) is 4.79 Å². The van der Waals surface area contributed by atoms with Gasteiger partial charge in [0, 0.05) is 18.5 Å². The van der Waals surface area contributed by atoms with Crippen LogP contribution in [0.4, 0.5) is 4.79 Å². The maximum absolute atomic E-state index is 11.7. The van der Waals surface area contributed by atoms with Crippen molar-refractivity contribution in [3.63, 3.8) is 0 Å². The van der Waals surface area contributed by atoms with Crippen molar-refractivity contribution in [3.8, 4) is 0 Å². The van der Waals surface area contributed by atoms with Gasteiger partial charge < -0.3 is 15.2 Å². The molecule has 6 nitrogen and oxygen atoms in total. The molecule has 19 heavy (non-hydrogen) atoms. The van der Waals surface area contributed by atoms with Crippen LogP contribution in [-0.2, 0) is 6.54 Å². The standard InChI is InChI=1S/C13H16N4O2/c1-9-7-12(17-19-9)8-15-13(18)16-10(2)11-3-5-14-6-4-11/h3-7,10H,8H2,1-2H3,(H2,15,16,18)/t10-/m1/s1. The fraction of sp³-hybridized carbons (Fsp3) is 0.308. The topological polar surface area (TPSA) is 80.0 Å². The number of hydrogen-bond donors (Lipinski definition) is 2. The number of carbonyl (C=O) groups is 1. The number of urea groups is 1. The number of aromatic nitrogens is 2. The number of hydrogen-bond acceptors (Lipinski definition) is 4. The molecular formula is C13H16N4O2. The number of aryl methyl sites for hydroxylation is 1. The van der Waals surface area contributed by atoms with E-state index < -0.39 is 0 Å². The molecule has 2 N–H and O–H groups in total. The van der Waals surface area contributed by atoms with Crippen molar-refractivity contribution in [2.75, 3.05) is 0 Å². The molecule has 0 saturated carbocycles. The van der Waals surface area contributed by atoms with E-state index in [1.165, 1.54) is 0 Å². The third-order valence-corrected chi connectivity index (χ3v) is 2.66. The normalized spacial score (nSPS) is 11.9. The average molecular weight is 260 g/mol. The largest absolute Gasteiger partial charge is 0.361 e. The SMILES string of the molecule is Cc1cc(CNC(=O)N[C@H](C)c2ccncc2)no1. The molecule has 0 unspecified atom stereocenters. The van der Waals surface area contributed by atoms with Crippen LogP contribution >= 0.6 is 0 Å². The van der Waals surface area contributed by atoms with Crippen molar-refractivity contribution >= 4 is 6.03 Å². The van der Waals surface area contributed by atoms with Gasteiger partial charge in [-0.3, -0.25) is 4.98 Å². The van der Waals surface area contributed by atoms with Crippen molar-refractivity contribution in [2.45, 2.75) is 26.4 Å². The van der Waals surface area contributed by atoms with E-state index in [2.05, 4.69) is 20.8 Å². The number of carbonyl (C=O) groups excluding carboxylic acids is 1. The van der Waals surface area contributed by atoms with Gasteiger partial charge in [-0.1, -0.05) is 5.16 Å². The minimum atomic E-state index is -0.245. The zero-order chi connectivity index (χ0) is 13.7. The van der Waals surface area contributed by atoms with E-state index in [1.54, 1.807) is 18.5 Å². The lowest BCUT2D eigenvalue weighted by Gasteiger charge is -2.14. The molecule has 0 radical (unpaired) electrons. The highest BCUT2D eigenvalue weighted by molar-refractivity contribution is 5.74. The first kappa shape index (κ1) is 13.1. The Bertz CT molecular complexity index is 539. The summed E-state index contributed by atoms with van der Waals surface area (Å²) in [6, 6.07) is 5.19. The van der Waals surface area contributed by atoms with Crippen LogP contribution in [0.5, 0.6) is 0 Å².